The van der Waals surface area contributed by atoms with Crippen molar-refractivity contribution in [3.8, 4) is 0 Å². The molecule has 1 aliphatic rings. The second-order valence-corrected chi connectivity index (χ2v) is 5.14. The van der Waals surface area contributed by atoms with E-state index in [1.54, 1.807) is 0 Å². The van der Waals surface area contributed by atoms with Crippen molar-refractivity contribution in [1.82, 2.24) is 10.2 Å². The largest absolute Gasteiger partial charge is 0.381 e. The fraction of sp³-hybridized carbons (Fsp3) is 1.00. The van der Waals surface area contributed by atoms with Crippen molar-refractivity contribution in [3.05, 3.63) is 0 Å². The maximum Gasteiger partial charge on any atom is 0.0480 e. The van der Waals surface area contributed by atoms with Gasteiger partial charge >= 0.3 is 0 Å². The van der Waals surface area contributed by atoms with E-state index >= 15 is 0 Å². The zero-order valence-electron chi connectivity index (χ0n) is 11.2. The van der Waals surface area contributed by atoms with Crippen LogP contribution >= 0.6 is 0 Å². The number of ether oxygens (including phenoxy) is 1. The smallest absolute Gasteiger partial charge is 0.0480 e. The lowest BCUT2D eigenvalue weighted by atomic mass is 10.1. The van der Waals surface area contributed by atoms with E-state index in [1.807, 2.05) is 0 Å². The molecule has 0 bridgehead atoms. The Labute approximate surface area is 101 Å². The minimum absolute atomic E-state index is 0.590. The van der Waals surface area contributed by atoms with E-state index < -0.39 is 0 Å². The number of nitrogens with zero attached hydrogens (tertiary/aromatic N) is 1. The predicted molar refractivity (Wildman–Crippen MR) is 68.8 cm³/mol. The van der Waals surface area contributed by atoms with Gasteiger partial charge in [-0.05, 0) is 45.8 Å². The standard InChI is InChI=1S/C13H28N2O/c1-12(2)14-8-5-10-16-11-7-13-6-4-9-15(13)3/h12-14H,4-11H2,1-3H3. The van der Waals surface area contributed by atoms with Crippen LogP contribution in [0.4, 0.5) is 0 Å². The van der Waals surface area contributed by atoms with Crippen LogP contribution in [0.5, 0.6) is 0 Å². The Hall–Kier alpha value is -0.120. The number of rotatable bonds is 8. The third-order valence-electron chi connectivity index (χ3n) is 3.28. The number of likely N-dealkylation sites (tertiary alicyclic amines) is 1. The molecule has 0 radical (unpaired) electrons. The summed E-state index contributed by atoms with van der Waals surface area (Å²) in [6.45, 7) is 8.52. The molecule has 3 nitrogen and oxygen atoms in total. The molecule has 1 N–H and O–H groups in total. The summed E-state index contributed by atoms with van der Waals surface area (Å²) in [6, 6.07) is 1.36. The van der Waals surface area contributed by atoms with E-state index in [0.717, 1.165) is 32.2 Å². The van der Waals surface area contributed by atoms with Gasteiger partial charge in [0.2, 0.25) is 0 Å². The zero-order valence-corrected chi connectivity index (χ0v) is 11.2. The van der Waals surface area contributed by atoms with Gasteiger partial charge in [-0.15, -0.1) is 0 Å². The Balaban J connectivity index is 1.84. The molecule has 1 atom stereocenters. The van der Waals surface area contributed by atoms with E-state index in [2.05, 4.69) is 31.1 Å². The molecule has 16 heavy (non-hydrogen) atoms. The van der Waals surface area contributed by atoms with Crippen LogP contribution < -0.4 is 5.32 Å². The molecule has 0 aliphatic carbocycles. The molecule has 1 heterocycles. The van der Waals surface area contributed by atoms with Crippen molar-refractivity contribution < 1.29 is 4.74 Å². The molecule has 0 spiro atoms. The van der Waals surface area contributed by atoms with Gasteiger partial charge in [-0.3, -0.25) is 0 Å². The van der Waals surface area contributed by atoms with Gasteiger partial charge in [0, 0.05) is 25.3 Å². The highest BCUT2D eigenvalue weighted by molar-refractivity contribution is 4.75. The minimum atomic E-state index is 0.590. The normalized spacial score (nSPS) is 22.1. The fourth-order valence-electron chi connectivity index (χ4n) is 2.23. The Morgan fingerprint density at radius 2 is 2.19 bits per heavy atom. The van der Waals surface area contributed by atoms with Crippen molar-refractivity contribution in [2.75, 3.05) is 33.4 Å². The van der Waals surface area contributed by atoms with E-state index in [0.29, 0.717) is 6.04 Å². The van der Waals surface area contributed by atoms with Crippen molar-refractivity contribution in [2.24, 2.45) is 0 Å². The second-order valence-electron chi connectivity index (χ2n) is 5.14. The maximum absolute atomic E-state index is 5.66. The van der Waals surface area contributed by atoms with Gasteiger partial charge < -0.3 is 15.0 Å². The van der Waals surface area contributed by atoms with Crippen LogP contribution in [0.2, 0.25) is 0 Å². The molecule has 0 aromatic rings. The second kappa shape index (κ2) is 8.04. The summed E-state index contributed by atoms with van der Waals surface area (Å²) in [4.78, 5) is 2.46. The van der Waals surface area contributed by atoms with E-state index in [1.165, 1.54) is 25.8 Å². The molecule has 1 saturated heterocycles. The average Bonchev–Trinajstić information content (AvgIpc) is 2.62. The summed E-state index contributed by atoms with van der Waals surface area (Å²) in [5, 5.41) is 3.40. The number of hydrogen-bond donors (Lipinski definition) is 1. The van der Waals surface area contributed by atoms with Gasteiger partial charge in [-0.2, -0.15) is 0 Å². The van der Waals surface area contributed by atoms with Crippen LogP contribution in [-0.2, 0) is 4.74 Å². The zero-order chi connectivity index (χ0) is 11.8. The molecule has 96 valence electrons. The predicted octanol–water partition coefficient (Wildman–Crippen LogP) is 1.88. The lowest BCUT2D eigenvalue weighted by Crippen LogP contribution is -2.26. The molecule has 1 unspecified atom stereocenters. The monoisotopic (exact) mass is 228 g/mol. The van der Waals surface area contributed by atoms with Crippen molar-refractivity contribution in [2.45, 2.75) is 51.6 Å². The Bertz CT molecular complexity index is 173. The first-order valence-electron chi connectivity index (χ1n) is 6.71. The lowest BCUT2D eigenvalue weighted by molar-refractivity contribution is 0.111. The van der Waals surface area contributed by atoms with Gasteiger partial charge in [0.15, 0.2) is 0 Å². The molecule has 0 amide bonds. The molecule has 0 saturated carbocycles. The summed E-state index contributed by atoms with van der Waals surface area (Å²) < 4.78 is 5.66. The Morgan fingerprint density at radius 1 is 1.38 bits per heavy atom. The van der Waals surface area contributed by atoms with Gasteiger partial charge in [0.1, 0.15) is 0 Å². The Kier molecular flexibility index (Phi) is 7.01. The highest BCUT2D eigenvalue weighted by Crippen LogP contribution is 2.17. The molecule has 1 aliphatic heterocycles. The van der Waals surface area contributed by atoms with E-state index in [4.69, 9.17) is 4.74 Å². The fourth-order valence-corrected chi connectivity index (χ4v) is 2.23. The summed E-state index contributed by atoms with van der Waals surface area (Å²) in [6.07, 6.45) is 5.04. The summed E-state index contributed by atoms with van der Waals surface area (Å²) in [7, 11) is 2.23. The highest BCUT2D eigenvalue weighted by Gasteiger charge is 2.19. The number of nitrogens with one attached hydrogen (secondary N) is 1. The summed E-state index contributed by atoms with van der Waals surface area (Å²) >= 11 is 0. The van der Waals surface area contributed by atoms with Crippen LogP contribution in [-0.4, -0.2) is 50.3 Å². The molecule has 1 fully saturated rings. The van der Waals surface area contributed by atoms with Crippen LogP contribution in [0.15, 0.2) is 0 Å². The van der Waals surface area contributed by atoms with Crippen molar-refractivity contribution in [3.63, 3.8) is 0 Å². The van der Waals surface area contributed by atoms with Crippen LogP contribution in [0.1, 0.15) is 39.5 Å². The third kappa shape index (κ3) is 5.83. The van der Waals surface area contributed by atoms with Gasteiger partial charge in [-0.25, -0.2) is 0 Å². The molecule has 0 aromatic heterocycles. The first kappa shape index (κ1) is 13.9. The van der Waals surface area contributed by atoms with E-state index in [-0.39, 0.29) is 0 Å². The van der Waals surface area contributed by atoms with Crippen LogP contribution in [0, 0.1) is 0 Å². The SMILES string of the molecule is CC(C)NCCCOCCC1CCCN1C. The molecular formula is C13H28N2O. The molecule has 0 aromatic carbocycles. The summed E-state index contributed by atoms with van der Waals surface area (Å²) in [5.41, 5.74) is 0. The van der Waals surface area contributed by atoms with Crippen molar-refractivity contribution >= 4 is 0 Å². The first-order valence-corrected chi connectivity index (χ1v) is 6.71. The van der Waals surface area contributed by atoms with Gasteiger partial charge in [-0.1, -0.05) is 13.8 Å². The molecule has 1 rings (SSSR count). The lowest BCUT2D eigenvalue weighted by Gasteiger charge is -2.19. The van der Waals surface area contributed by atoms with E-state index in [9.17, 15) is 0 Å². The minimum Gasteiger partial charge on any atom is -0.381 e. The quantitative estimate of drug-likeness (QED) is 0.642. The number of hydrogen-bond acceptors (Lipinski definition) is 3. The first-order chi connectivity index (χ1) is 7.70. The molecule has 3 heteroatoms. The Morgan fingerprint density at radius 3 is 2.81 bits per heavy atom. The highest BCUT2D eigenvalue weighted by atomic mass is 16.5. The van der Waals surface area contributed by atoms with Crippen molar-refractivity contribution in [1.29, 1.82) is 0 Å². The maximum atomic E-state index is 5.66. The van der Waals surface area contributed by atoms with Gasteiger partial charge in [0.05, 0.1) is 0 Å². The average molecular weight is 228 g/mol. The molecular weight excluding hydrogens is 200 g/mol. The topological polar surface area (TPSA) is 24.5 Å². The van der Waals surface area contributed by atoms with Crippen LogP contribution in [0.3, 0.4) is 0 Å². The summed E-state index contributed by atoms with van der Waals surface area (Å²) in [5.74, 6) is 0. The van der Waals surface area contributed by atoms with Gasteiger partial charge in [0.25, 0.3) is 0 Å². The third-order valence-corrected chi connectivity index (χ3v) is 3.28. The van der Waals surface area contributed by atoms with Crippen LogP contribution in [0.25, 0.3) is 0 Å².